The normalized spacial score (nSPS) is 10.7. The monoisotopic (exact) mass is 1350 g/mol. The number of halogens is 3. The van der Waals surface area contributed by atoms with Crippen molar-refractivity contribution in [3.05, 3.63) is 256 Å². The molecule has 3 aromatic carbocycles. The predicted molar refractivity (Wildman–Crippen MR) is 373 cm³/mol. The fraction of sp³-hybridized carbons (Fsp3) is 0.174. The molecule has 0 radical (unpaired) electrons. The number of carboxylic acid groups (broad SMARTS) is 1. The summed E-state index contributed by atoms with van der Waals surface area (Å²) < 4.78 is 4.35. The van der Waals surface area contributed by atoms with Gasteiger partial charge in [-0.2, -0.15) is 19.7 Å². The van der Waals surface area contributed by atoms with Crippen molar-refractivity contribution in [1.29, 1.82) is 5.26 Å². The number of amides is 2. The predicted octanol–water partition coefficient (Wildman–Crippen LogP) is 11.9. The van der Waals surface area contributed by atoms with Crippen LogP contribution in [0.2, 0.25) is 15.1 Å². The molecule has 0 aliphatic carbocycles. The molecule has 28 heteroatoms. The van der Waals surface area contributed by atoms with Gasteiger partial charge in [-0.05, 0) is 187 Å². The lowest BCUT2D eigenvalue weighted by Crippen LogP contribution is -2.27. The number of nitrogen functional groups attached to an aromatic ring is 3. The van der Waals surface area contributed by atoms with E-state index in [1.165, 1.54) is 32.2 Å². The van der Waals surface area contributed by atoms with Crippen molar-refractivity contribution in [3.8, 4) is 6.07 Å². The molecule has 97 heavy (non-hydrogen) atoms. The Labute approximate surface area is 571 Å². The molecule has 9 aromatic heterocycles. The second-order valence-corrected chi connectivity index (χ2v) is 23.5. The minimum atomic E-state index is -1.13. The summed E-state index contributed by atoms with van der Waals surface area (Å²) in [4.78, 5) is 69.3. The molecular formula is C69H62Cl3N21O4. The third kappa shape index (κ3) is 17.5. The minimum Gasteiger partial charge on any atom is -0.477 e. The summed E-state index contributed by atoms with van der Waals surface area (Å²) in [6, 6.07) is 33.9. The van der Waals surface area contributed by atoms with Crippen LogP contribution in [0.4, 0.5) is 29.1 Å². The number of carboxylic acids is 1. The molecule has 0 saturated heterocycles. The number of hydrogen-bond donors (Lipinski definition) is 7. The zero-order valence-corrected chi connectivity index (χ0v) is 55.5. The molecule has 2 amide bonds. The maximum absolute atomic E-state index is 13.0. The van der Waals surface area contributed by atoms with Gasteiger partial charge in [0.05, 0.1) is 51.3 Å². The quantitative estimate of drug-likeness (QED) is 0.0497. The third-order valence-electron chi connectivity index (χ3n) is 15.3. The van der Waals surface area contributed by atoms with E-state index in [-0.39, 0.29) is 41.4 Å². The highest BCUT2D eigenvalue weighted by molar-refractivity contribution is 6.31. The van der Waals surface area contributed by atoms with E-state index >= 15 is 0 Å². The van der Waals surface area contributed by atoms with Crippen LogP contribution in [0.3, 0.4) is 0 Å². The Hall–Kier alpha value is -11.9. The van der Waals surface area contributed by atoms with Gasteiger partial charge in [0.25, 0.3) is 23.5 Å². The van der Waals surface area contributed by atoms with Gasteiger partial charge in [-0.15, -0.1) is 0 Å². The maximum Gasteiger partial charge on any atom is 0.354 e. The molecule has 0 aliphatic heterocycles. The summed E-state index contributed by atoms with van der Waals surface area (Å²) in [5.41, 5.74) is 36.8. The van der Waals surface area contributed by atoms with E-state index < -0.39 is 5.97 Å². The number of hydrogen-bond acceptors (Lipinski definition) is 17. The second-order valence-electron chi connectivity index (χ2n) is 22.2. The number of nitrogens with zero attached hydrogens (tertiary/aromatic N) is 15. The average Bonchev–Trinajstić information content (AvgIpc) is 1.79. The summed E-state index contributed by atoms with van der Waals surface area (Å²) in [6.45, 7) is 28.1. The number of carbonyl (C=O) groups excluding carboxylic acids is 2. The Morgan fingerprint density at radius 3 is 1.19 bits per heavy atom. The van der Waals surface area contributed by atoms with Crippen molar-refractivity contribution >= 4 is 114 Å². The largest absolute Gasteiger partial charge is 0.477 e. The number of nitrogens with one attached hydrogen (secondary N) is 2. The number of rotatable bonds is 14. The number of benzene rings is 3. The van der Waals surface area contributed by atoms with Crippen LogP contribution in [0.25, 0.3) is 42.4 Å². The minimum absolute atomic E-state index is 0.0270. The number of aryl methyl sites for hydroxylation is 6. The molecule has 0 unspecified atom stereocenters. The van der Waals surface area contributed by atoms with E-state index in [0.717, 1.165) is 99.9 Å². The van der Waals surface area contributed by atoms with Gasteiger partial charge in [0.15, 0.2) is 5.69 Å². The van der Waals surface area contributed by atoms with Crippen LogP contribution in [0, 0.1) is 66.0 Å². The summed E-state index contributed by atoms with van der Waals surface area (Å²) in [7, 11) is 0. The lowest BCUT2D eigenvalue weighted by Gasteiger charge is -2.12. The van der Waals surface area contributed by atoms with E-state index in [2.05, 4.69) is 65.5 Å². The van der Waals surface area contributed by atoms with Crippen LogP contribution in [-0.2, 0) is 39.3 Å². The van der Waals surface area contributed by atoms with Gasteiger partial charge in [-0.1, -0.05) is 66.1 Å². The average molecular weight is 1360 g/mol. The number of pyridine rings is 6. The smallest absolute Gasteiger partial charge is 0.354 e. The second kappa shape index (κ2) is 30.9. The van der Waals surface area contributed by atoms with E-state index in [1.54, 1.807) is 36.8 Å². The number of nitriles is 1. The molecule has 0 bridgehead atoms. The number of carbonyl (C=O) groups is 3. The van der Waals surface area contributed by atoms with Crippen LogP contribution in [0.1, 0.15) is 104 Å². The Morgan fingerprint density at radius 2 is 0.866 bits per heavy atom. The van der Waals surface area contributed by atoms with Gasteiger partial charge in [0.2, 0.25) is 0 Å². The first-order valence-electron chi connectivity index (χ1n) is 29.6. The molecule has 11 N–H and O–H groups in total. The highest BCUT2D eigenvalue weighted by atomic mass is 35.5. The highest BCUT2D eigenvalue weighted by Gasteiger charge is 2.22. The van der Waals surface area contributed by atoms with Crippen LogP contribution in [0.5, 0.6) is 0 Å². The fourth-order valence-electron chi connectivity index (χ4n) is 10.6. The summed E-state index contributed by atoms with van der Waals surface area (Å²) in [5.74, 6) is -0.00785. The molecule has 12 aromatic rings. The van der Waals surface area contributed by atoms with Gasteiger partial charge >= 0.3 is 5.97 Å². The SMILES string of the molecule is Cc1cc(N)nc(C)c1CN.N#Cc1cc(C(=O)O)n(Cc2ccc3ncc(Cl)cc3c2)n1.[C-]#[N+]c1cc(C(=O)NCc2c(C)cc(N)nc2C)n(Cc2ccc3ncc(Cl)cc3c2)n1.[C-]#[N+]c1cc(C(=O)NCc2c(C)cc(N)nc2C)n(Cc2ccc3ncc(Cl)cc3c2)n1. The van der Waals surface area contributed by atoms with E-state index in [0.29, 0.717) is 76.6 Å². The van der Waals surface area contributed by atoms with Crippen LogP contribution in [0.15, 0.2) is 128 Å². The lowest BCUT2D eigenvalue weighted by atomic mass is 10.1. The Bertz CT molecular complexity index is 4880. The zero-order chi connectivity index (χ0) is 69.8. The number of anilines is 3. The molecule has 0 saturated carbocycles. The van der Waals surface area contributed by atoms with Crippen molar-refractivity contribution in [2.24, 2.45) is 5.73 Å². The number of aromatic nitrogens is 12. The van der Waals surface area contributed by atoms with Crippen molar-refractivity contribution in [2.75, 3.05) is 17.2 Å². The van der Waals surface area contributed by atoms with Gasteiger partial charge < -0.3 is 48.4 Å². The van der Waals surface area contributed by atoms with E-state index in [4.69, 9.17) is 81.3 Å². The van der Waals surface area contributed by atoms with Crippen molar-refractivity contribution < 1.29 is 19.5 Å². The van der Waals surface area contributed by atoms with E-state index in [9.17, 15) is 14.4 Å². The standard InChI is InChI=1S/2C23H20ClN7O.C15H9ClN4O2.C8H13N3/c2*1-13-6-21(25)29-14(2)18(13)11-28-23(32)20-9-22(26-3)30-31(20)12-15-4-5-19-16(7-15)8-17(24)10-27-19;16-11-4-10-3-9(1-2-13(10)18-7-11)8-20-14(15(21)22)5-12(6-17)19-20;1-5-3-8(10)11-6(2)7(5)4-9/h2*4-10H,11-12H2,1-2H3,(H2,25,29)(H,28,32);1-5,7H,8H2,(H,21,22);3H,4,9H2,1-2H3,(H2,10,11). The van der Waals surface area contributed by atoms with Crippen molar-refractivity contribution in [3.63, 3.8) is 0 Å². The Balaban J connectivity index is 0.000000160. The van der Waals surface area contributed by atoms with Crippen molar-refractivity contribution in [2.45, 2.75) is 80.8 Å². The Morgan fingerprint density at radius 1 is 0.515 bits per heavy atom. The van der Waals surface area contributed by atoms with E-state index in [1.807, 2.05) is 120 Å². The van der Waals surface area contributed by atoms with Crippen LogP contribution in [-0.4, -0.2) is 82.1 Å². The Kier molecular flexibility index (Phi) is 22.1. The van der Waals surface area contributed by atoms with Crippen LogP contribution >= 0.6 is 34.8 Å². The van der Waals surface area contributed by atoms with Gasteiger partial charge in [-0.25, -0.2) is 19.7 Å². The summed E-state index contributed by atoms with van der Waals surface area (Å²) in [5, 5.41) is 40.6. The maximum atomic E-state index is 13.0. The first-order valence-corrected chi connectivity index (χ1v) is 30.7. The zero-order valence-electron chi connectivity index (χ0n) is 53.2. The van der Waals surface area contributed by atoms with Crippen LogP contribution < -0.4 is 33.6 Å². The molecule has 9 heterocycles. The molecule has 25 nitrogen and oxygen atoms in total. The fourth-order valence-corrected chi connectivity index (χ4v) is 11.1. The number of nitrogens with two attached hydrogens (primary N) is 4. The number of fused-ring (bicyclic) bond motifs is 3. The van der Waals surface area contributed by atoms with Gasteiger partial charge in [-0.3, -0.25) is 29.2 Å². The molecular weight excluding hydrogens is 1290 g/mol. The topological polar surface area (TPSA) is 363 Å². The molecule has 0 aliphatic rings. The highest BCUT2D eigenvalue weighted by Crippen LogP contribution is 2.25. The molecule has 0 fully saturated rings. The lowest BCUT2D eigenvalue weighted by molar-refractivity contribution is 0.0683. The van der Waals surface area contributed by atoms with Gasteiger partial charge in [0, 0.05) is 77.5 Å². The molecule has 0 atom stereocenters. The summed E-state index contributed by atoms with van der Waals surface area (Å²) >= 11 is 18.0. The van der Waals surface area contributed by atoms with Gasteiger partial charge in [0.1, 0.15) is 40.6 Å². The first-order chi connectivity index (χ1) is 46.4. The molecule has 0 spiro atoms. The third-order valence-corrected chi connectivity index (χ3v) is 15.9. The first kappa shape index (κ1) is 69.4. The summed E-state index contributed by atoms with van der Waals surface area (Å²) in [6.07, 6.45) is 4.77. The molecule has 12 rings (SSSR count). The van der Waals surface area contributed by atoms with Crippen molar-refractivity contribution in [1.82, 2.24) is 69.9 Å². The number of aromatic carboxylic acids is 1. The molecule has 488 valence electrons.